The molecule has 2 saturated carbocycles. The van der Waals surface area contributed by atoms with E-state index in [-0.39, 0.29) is 17.6 Å². The molecule has 1 aromatic rings. The molecule has 3 aliphatic rings. The van der Waals surface area contributed by atoms with Crippen molar-refractivity contribution in [2.75, 3.05) is 13.1 Å². The van der Waals surface area contributed by atoms with Crippen LogP contribution >= 0.6 is 11.6 Å². The molecule has 1 heterocycles. The van der Waals surface area contributed by atoms with E-state index < -0.39 is 0 Å². The third kappa shape index (κ3) is 3.85. The number of amides is 1. The van der Waals surface area contributed by atoms with Crippen molar-refractivity contribution >= 4 is 17.5 Å². The number of halogens is 2. The van der Waals surface area contributed by atoms with Crippen LogP contribution in [0.25, 0.3) is 0 Å². The van der Waals surface area contributed by atoms with Gasteiger partial charge in [-0.25, -0.2) is 4.39 Å². The Bertz CT molecular complexity index is 645. The molecule has 1 N–H and O–H groups in total. The average Bonchev–Trinajstić information content (AvgIpc) is 3.21. The summed E-state index contributed by atoms with van der Waals surface area (Å²) in [6.07, 6.45) is 6.88. The highest BCUT2D eigenvalue weighted by atomic mass is 35.5. The van der Waals surface area contributed by atoms with Gasteiger partial charge in [-0.2, -0.15) is 0 Å². The molecular formula is C20H26ClFN2O. The fraction of sp³-hybridized carbons (Fsp3) is 0.650. The van der Waals surface area contributed by atoms with Crippen molar-refractivity contribution in [2.45, 2.75) is 51.1 Å². The molecule has 1 saturated heterocycles. The van der Waals surface area contributed by atoms with Crippen molar-refractivity contribution in [2.24, 2.45) is 17.8 Å². The van der Waals surface area contributed by atoms with Gasteiger partial charge in [0, 0.05) is 29.1 Å². The first kappa shape index (κ1) is 17.3. The number of hydrogen-bond acceptors (Lipinski definition) is 2. The summed E-state index contributed by atoms with van der Waals surface area (Å²) < 4.78 is 13.9. The minimum absolute atomic E-state index is 0.116. The predicted octanol–water partition coefficient (Wildman–Crippen LogP) is 4.00. The molecule has 3 unspecified atom stereocenters. The highest BCUT2D eigenvalue weighted by Crippen LogP contribution is 2.44. The molecule has 0 spiro atoms. The summed E-state index contributed by atoms with van der Waals surface area (Å²) in [4.78, 5) is 14.8. The maximum Gasteiger partial charge on any atom is 0.223 e. The van der Waals surface area contributed by atoms with Crippen LogP contribution in [0.15, 0.2) is 18.2 Å². The van der Waals surface area contributed by atoms with Crippen LogP contribution in [0.4, 0.5) is 4.39 Å². The van der Waals surface area contributed by atoms with E-state index in [9.17, 15) is 9.18 Å². The molecule has 136 valence electrons. The van der Waals surface area contributed by atoms with Crippen LogP contribution in [0.3, 0.4) is 0 Å². The minimum Gasteiger partial charge on any atom is -0.353 e. The lowest BCUT2D eigenvalue weighted by Crippen LogP contribution is -2.45. The lowest BCUT2D eigenvalue weighted by molar-refractivity contribution is -0.127. The van der Waals surface area contributed by atoms with E-state index in [1.54, 1.807) is 12.1 Å². The number of fused-ring (bicyclic) bond motifs is 2. The summed E-state index contributed by atoms with van der Waals surface area (Å²) in [5, 5.41) is 3.76. The second-order valence-electron chi connectivity index (χ2n) is 8.08. The Morgan fingerprint density at radius 2 is 2.00 bits per heavy atom. The predicted molar refractivity (Wildman–Crippen MR) is 96.8 cm³/mol. The molecule has 5 heteroatoms. The van der Waals surface area contributed by atoms with Crippen molar-refractivity contribution in [3.05, 3.63) is 34.6 Å². The average molecular weight is 365 g/mol. The van der Waals surface area contributed by atoms with Crippen molar-refractivity contribution in [3.63, 3.8) is 0 Å². The molecule has 2 aliphatic carbocycles. The molecule has 4 rings (SSSR count). The molecule has 3 atom stereocenters. The molecule has 25 heavy (non-hydrogen) atoms. The number of nitrogens with one attached hydrogen (secondary N) is 1. The third-order valence-electron chi connectivity index (χ3n) is 6.43. The van der Waals surface area contributed by atoms with Gasteiger partial charge in [-0.15, -0.1) is 0 Å². The number of rotatable bonds is 4. The van der Waals surface area contributed by atoms with Gasteiger partial charge in [-0.3, -0.25) is 9.69 Å². The van der Waals surface area contributed by atoms with Crippen molar-refractivity contribution in [1.29, 1.82) is 0 Å². The van der Waals surface area contributed by atoms with Crippen LogP contribution in [-0.4, -0.2) is 29.9 Å². The van der Waals surface area contributed by atoms with Gasteiger partial charge in [-0.05, 0) is 69.2 Å². The molecule has 3 nitrogen and oxygen atoms in total. The van der Waals surface area contributed by atoms with Gasteiger partial charge in [-0.1, -0.05) is 24.1 Å². The molecule has 1 aromatic carbocycles. The standard InChI is InChI=1S/C20H26ClFN2O/c21-17-4-3-16(18(22)11-17)12-24-7-5-14(6-8-24)20(25)23-19-10-13-1-2-15(19)9-13/h3-4,11,13-15,19H,1-2,5-10,12H2,(H,23,25). The second kappa shape index (κ2) is 7.24. The first-order valence-corrected chi connectivity index (χ1v) is 9.93. The summed E-state index contributed by atoms with van der Waals surface area (Å²) in [6, 6.07) is 5.28. The largest absolute Gasteiger partial charge is 0.353 e. The zero-order valence-electron chi connectivity index (χ0n) is 14.5. The lowest BCUT2D eigenvalue weighted by atomic mass is 9.92. The Morgan fingerprint density at radius 1 is 1.20 bits per heavy atom. The summed E-state index contributed by atoms with van der Waals surface area (Å²) in [7, 11) is 0. The fourth-order valence-electron chi connectivity index (χ4n) is 4.97. The highest BCUT2D eigenvalue weighted by molar-refractivity contribution is 6.30. The van der Waals surface area contributed by atoms with Gasteiger partial charge in [0.1, 0.15) is 5.82 Å². The van der Waals surface area contributed by atoms with Gasteiger partial charge in [0.2, 0.25) is 5.91 Å². The molecule has 2 bridgehead atoms. The van der Waals surface area contributed by atoms with Crippen LogP contribution in [0.1, 0.15) is 44.1 Å². The van der Waals surface area contributed by atoms with Crippen LogP contribution in [-0.2, 0) is 11.3 Å². The number of carbonyl (C=O) groups is 1. The number of hydrogen-bond donors (Lipinski definition) is 1. The maximum atomic E-state index is 13.9. The Kier molecular flexibility index (Phi) is 5.01. The smallest absolute Gasteiger partial charge is 0.223 e. The van der Waals surface area contributed by atoms with Crippen molar-refractivity contribution < 1.29 is 9.18 Å². The van der Waals surface area contributed by atoms with E-state index >= 15 is 0 Å². The summed E-state index contributed by atoms with van der Waals surface area (Å²) in [5.41, 5.74) is 0.675. The Balaban J connectivity index is 1.26. The van der Waals surface area contributed by atoms with E-state index in [0.717, 1.165) is 37.8 Å². The number of likely N-dealkylation sites (tertiary alicyclic amines) is 1. The maximum absolute atomic E-state index is 13.9. The second-order valence-corrected chi connectivity index (χ2v) is 8.51. The number of piperidine rings is 1. The summed E-state index contributed by atoms with van der Waals surface area (Å²) in [5.74, 6) is 1.69. The Hall–Kier alpha value is -1.13. The normalized spacial score (nSPS) is 29.9. The van der Waals surface area contributed by atoms with E-state index in [1.807, 2.05) is 0 Å². The SMILES string of the molecule is O=C(NC1CC2CCC1C2)C1CCN(Cc2ccc(Cl)cc2F)CC1. The Morgan fingerprint density at radius 3 is 2.64 bits per heavy atom. The van der Waals surface area contributed by atoms with Gasteiger partial charge in [0.05, 0.1) is 0 Å². The Labute approximate surface area is 153 Å². The lowest BCUT2D eigenvalue weighted by Gasteiger charge is -2.33. The van der Waals surface area contributed by atoms with Crippen LogP contribution in [0, 0.1) is 23.6 Å². The van der Waals surface area contributed by atoms with Crippen LogP contribution in [0.2, 0.25) is 5.02 Å². The van der Waals surface area contributed by atoms with E-state index in [0.29, 0.717) is 23.2 Å². The molecule has 0 aromatic heterocycles. The van der Waals surface area contributed by atoms with Gasteiger partial charge >= 0.3 is 0 Å². The first-order chi connectivity index (χ1) is 12.1. The van der Waals surface area contributed by atoms with E-state index in [2.05, 4.69) is 10.2 Å². The highest BCUT2D eigenvalue weighted by Gasteiger charge is 2.40. The van der Waals surface area contributed by atoms with Crippen LogP contribution < -0.4 is 5.32 Å². The third-order valence-corrected chi connectivity index (χ3v) is 6.67. The molecule has 1 amide bonds. The van der Waals surface area contributed by atoms with Crippen LogP contribution in [0.5, 0.6) is 0 Å². The monoisotopic (exact) mass is 364 g/mol. The minimum atomic E-state index is -0.247. The number of benzene rings is 1. The summed E-state index contributed by atoms with van der Waals surface area (Å²) in [6.45, 7) is 2.28. The zero-order valence-corrected chi connectivity index (χ0v) is 15.3. The topological polar surface area (TPSA) is 32.3 Å². The van der Waals surface area contributed by atoms with Crippen molar-refractivity contribution in [1.82, 2.24) is 10.2 Å². The van der Waals surface area contributed by atoms with E-state index in [4.69, 9.17) is 11.6 Å². The fourth-order valence-corrected chi connectivity index (χ4v) is 5.12. The zero-order chi connectivity index (χ0) is 17.4. The van der Waals surface area contributed by atoms with E-state index in [1.165, 1.54) is 31.7 Å². The van der Waals surface area contributed by atoms with Crippen molar-refractivity contribution in [3.8, 4) is 0 Å². The summed E-state index contributed by atoms with van der Waals surface area (Å²) >= 11 is 5.81. The number of nitrogens with zero attached hydrogens (tertiary/aromatic N) is 1. The molecule has 1 aliphatic heterocycles. The first-order valence-electron chi connectivity index (χ1n) is 9.55. The van der Waals surface area contributed by atoms with Gasteiger partial charge in [0.25, 0.3) is 0 Å². The number of carbonyl (C=O) groups excluding carboxylic acids is 1. The molecular weight excluding hydrogens is 339 g/mol. The molecule has 3 fully saturated rings. The van der Waals surface area contributed by atoms with Gasteiger partial charge < -0.3 is 5.32 Å². The van der Waals surface area contributed by atoms with Gasteiger partial charge in [0.15, 0.2) is 0 Å². The molecule has 0 radical (unpaired) electrons. The quantitative estimate of drug-likeness (QED) is 0.875.